The highest BCUT2D eigenvalue weighted by atomic mass is 32.2. The molecule has 6 rings (SSSR count). The van der Waals surface area contributed by atoms with Gasteiger partial charge in [-0.1, -0.05) is 11.2 Å². The van der Waals surface area contributed by atoms with Crippen LogP contribution in [0.4, 0.5) is 9.93 Å². The number of β-lactam (4-membered cyclic amide) rings is 1. The first-order valence-electron chi connectivity index (χ1n) is 13.6. The Morgan fingerprint density at radius 3 is 2.52 bits per heavy atom. The number of hydrogen-bond acceptors (Lipinski definition) is 17. The molecule has 0 saturated carbocycles. The molecule has 2 aromatic carbocycles. The van der Waals surface area contributed by atoms with Gasteiger partial charge in [-0.25, -0.2) is 9.78 Å². The first-order valence-corrected chi connectivity index (χ1v) is 15.5. The van der Waals surface area contributed by atoms with E-state index in [1.54, 1.807) is 0 Å². The van der Waals surface area contributed by atoms with Crippen molar-refractivity contribution in [1.29, 1.82) is 0 Å². The van der Waals surface area contributed by atoms with Gasteiger partial charge in [0.1, 0.15) is 23.7 Å². The van der Waals surface area contributed by atoms with Crippen molar-refractivity contribution in [1.82, 2.24) is 35.4 Å². The third-order valence-electron chi connectivity index (χ3n) is 6.89. The molecule has 248 valence electrons. The SMILES string of the molecule is Nc1nc(/C(=N/OCc2ccc(O)c(O)c2)C(=O)N[C@@H]2C(=O)N3C(OC(=O)O)=C(Cn4nnc(-c5ccc(O)c(O)c5)n4)CS[C@H]23)cs1. The normalized spacial score (nSPS) is 17.5. The number of nitrogens with two attached hydrogens (primary N) is 1. The summed E-state index contributed by atoms with van der Waals surface area (Å²) in [6.07, 6.45) is -1.67. The number of nitrogen functional groups attached to an aromatic ring is 1. The average Bonchev–Trinajstić information content (AvgIpc) is 3.70. The fourth-order valence-corrected chi connectivity index (χ4v) is 6.48. The zero-order valence-electron chi connectivity index (χ0n) is 24.1. The summed E-state index contributed by atoms with van der Waals surface area (Å²) in [6.45, 7) is -0.305. The Labute approximate surface area is 276 Å². The number of rotatable bonds is 10. The van der Waals surface area contributed by atoms with E-state index >= 15 is 0 Å². The van der Waals surface area contributed by atoms with Gasteiger partial charge in [-0.3, -0.25) is 14.5 Å². The number of nitrogens with zero attached hydrogens (tertiary/aromatic N) is 7. The molecule has 2 aliphatic heterocycles. The van der Waals surface area contributed by atoms with Crippen LogP contribution in [-0.2, 0) is 32.3 Å². The molecular formula is C27H23N9O10S2. The Balaban J connectivity index is 1.18. The highest BCUT2D eigenvalue weighted by Gasteiger charge is 2.54. The van der Waals surface area contributed by atoms with Crippen LogP contribution in [0.3, 0.4) is 0 Å². The van der Waals surface area contributed by atoms with Gasteiger partial charge in [0, 0.05) is 22.3 Å². The Morgan fingerprint density at radius 2 is 1.83 bits per heavy atom. The number of thioether (sulfide) groups is 1. The number of aromatic nitrogens is 5. The molecule has 2 aromatic heterocycles. The summed E-state index contributed by atoms with van der Waals surface area (Å²) in [5, 5.41) is 67.4. The molecular weight excluding hydrogens is 674 g/mol. The Morgan fingerprint density at radius 1 is 1.08 bits per heavy atom. The molecule has 4 aromatic rings. The van der Waals surface area contributed by atoms with Crippen LogP contribution in [0.1, 0.15) is 11.3 Å². The first kappa shape index (κ1) is 31.9. The summed E-state index contributed by atoms with van der Waals surface area (Å²) >= 11 is 2.26. The number of amides is 2. The van der Waals surface area contributed by atoms with Crippen molar-refractivity contribution in [2.75, 3.05) is 11.5 Å². The molecule has 48 heavy (non-hydrogen) atoms. The van der Waals surface area contributed by atoms with Crippen molar-refractivity contribution >= 4 is 51.9 Å². The van der Waals surface area contributed by atoms with Crippen LogP contribution < -0.4 is 11.1 Å². The standard InChI is InChI=1S/C27H23N9O10S2/c28-26-29-14(10-48-26)19(33-45-8-11-1-3-15(37)17(39)5-11)22(41)30-20-23(42)36-24(46-27(43)44)13(9-47-25(20)36)7-35-32-21(31-34-35)12-2-4-16(38)18(40)6-12/h1-6,10,20,25,37-40H,7-9H2,(H2,28,29)(H,30,41)(H,43,44)/b33-19-/t20-,25-/m1/s1. The van der Waals surface area contributed by atoms with E-state index in [1.807, 2.05) is 0 Å². The predicted molar refractivity (Wildman–Crippen MR) is 165 cm³/mol. The molecule has 21 heteroatoms. The molecule has 0 spiro atoms. The van der Waals surface area contributed by atoms with Gasteiger partial charge in [0.15, 0.2) is 33.8 Å². The molecule has 0 radical (unpaired) electrons. The zero-order valence-corrected chi connectivity index (χ0v) is 25.8. The van der Waals surface area contributed by atoms with Crippen molar-refractivity contribution in [2.24, 2.45) is 5.16 Å². The number of thiazole rings is 1. The number of carboxylic acid groups (broad SMARTS) is 1. The van der Waals surface area contributed by atoms with Gasteiger partial charge in [-0.05, 0) is 41.1 Å². The highest BCUT2D eigenvalue weighted by Crippen LogP contribution is 2.41. The average molecular weight is 698 g/mol. The monoisotopic (exact) mass is 697 g/mol. The number of aromatic hydroxyl groups is 4. The lowest BCUT2D eigenvalue weighted by Crippen LogP contribution is -2.70. The number of hydrogen-bond donors (Lipinski definition) is 7. The van der Waals surface area contributed by atoms with E-state index in [2.05, 4.69) is 30.9 Å². The summed E-state index contributed by atoms with van der Waals surface area (Å²) in [7, 11) is 0. The van der Waals surface area contributed by atoms with Crippen LogP contribution in [0, 0.1) is 0 Å². The topological polar surface area (TPSA) is 281 Å². The summed E-state index contributed by atoms with van der Waals surface area (Å²) in [5.41, 5.74) is 6.64. The van der Waals surface area contributed by atoms with Gasteiger partial charge in [0.2, 0.25) is 11.7 Å². The van der Waals surface area contributed by atoms with Gasteiger partial charge in [0.25, 0.3) is 11.8 Å². The molecule has 4 heterocycles. The van der Waals surface area contributed by atoms with E-state index in [0.29, 0.717) is 16.7 Å². The third-order valence-corrected chi connectivity index (χ3v) is 8.90. The molecule has 2 atom stereocenters. The van der Waals surface area contributed by atoms with E-state index in [0.717, 1.165) is 21.0 Å². The second kappa shape index (κ2) is 13.0. The van der Waals surface area contributed by atoms with Crippen LogP contribution in [-0.4, -0.2) is 96.5 Å². The van der Waals surface area contributed by atoms with E-state index < -0.39 is 29.4 Å². The number of fused-ring (bicyclic) bond motifs is 1. The summed E-state index contributed by atoms with van der Waals surface area (Å²) in [6, 6.07) is 6.86. The second-order valence-electron chi connectivity index (χ2n) is 10.1. The third kappa shape index (κ3) is 6.43. The number of carbonyl (C=O) groups excluding carboxylic acids is 2. The smallest absolute Gasteiger partial charge is 0.504 e. The van der Waals surface area contributed by atoms with Crippen molar-refractivity contribution in [2.45, 2.75) is 24.6 Å². The van der Waals surface area contributed by atoms with Crippen LogP contribution >= 0.6 is 23.1 Å². The number of phenolic OH excluding ortho intramolecular Hbond substituents is 4. The van der Waals surface area contributed by atoms with Crippen molar-refractivity contribution in [3.63, 3.8) is 0 Å². The molecule has 1 saturated heterocycles. The summed E-state index contributed by atoms with van der Waals surface area (Å²) < 4.78 is 5.01. The first-order chi connectivity index (χ1) is 23.0. The number of ether oxygens (including phenoxy) is 1. The van der Waals surface area contributed by atoms with E-state index in [4.69, 9.17) is 15.3 Å². The van der Waals surface area contributed by atoms with Gasteiger partial charge >= 0.3 is 6.16 Å². The van der Waals surface area contributed by atoms with Gasteiger partial charge in [-0.2, -0.15) is 4.80 Å². The number of nitrogens with one attached hydrogen (secondary N) is 1. The maximum absolute atomic E-state index is 13.4. The Hall–Kier alpha value is -6.09. The highest BCUT2D eigenvalue weighted by molar-refractivity contribution is 8.00. The summed E-state index contributed by atoms with van der Waals surface area (Å²) in [5.74, 6) is -2.89. The number of carbonyl (C=O) groups is 3. The van der Waals surface area contributed by atoms with Crippen molar-refractivity contribution < 1.29 is 49.5 Å². The van der Waals surface area contributed by atoms with Gasteiger partial charge in [-0.15, -0.1) is 33.3 Å². The number of tetrazole rings is 1. The van der Waals surface area contributed by atoms with E-state index in [1.165, 1.54) is 53.5 Å². The minimum atomic E-state index is -1.67. The molecule has 1 fully saturated rings. The molecule has 2 amide bonds. The van der Waals surface area contributed by atoms with Crippen molar-refractivity contribution in [3.05, 3.63) is 64.5 Å². The summed E-state index contributed by atoms with van der Waals surface area (Å²) in [4.78, 5) is 50.0. The number of phenols is 4. The minimum absolute atomic E-state index is 0.0720. The Kier molecular flexibility index (Phi) is 8.61. The maximum Gasteiger partial charge on any atom is 0.512 e. The molecule has 0 aliphatic carbocycles. The van der Waals surface area contributed by atoms with Gasteiger partial charge < -0.3 is 46.2 Å². The maximum atomic E-state index is 13.4. The number of anilines is 1. The van der Waals surface area contributed by atoms with Crippen LogP contribution in [0.15, 0.2) is 58.4 Å². The van der Waals surface area contributed by atoms with Crippen LogP contribution in [0.2, 0.25) is 0 Å². The predicted octanol–water partition coefficient (Wildman–Crippen LogP) is 1.13. The molecule has 0 unspecified atom stereocenters. The quantitative estimate of drug-likeness (QED) is 0.0402. The fourth-order valence-electron chi connectivity index (χ4n) is 4.62. The fraction of sp³-hybridized carbons (Fsp3) is 0.185. The molecule has 0 bridgehead atoms. The van der Waals surface area contributed by atoms with E-state index in [-0.39, 0.29) is 70.1 Å². The molecule has 8 N–H and O–H groups in total. The second-order valence-corrected chi connectivity index (χ2v) is 12.1. The molecule has 19 nitrogen and oxygen atoms in total. The van der Waals surface area contributed by atoms with Crippen LogP contribution in [0.25, 0.3) is 11.4 Å². The number of benzene rings is 2. The van der Waals surface area contributed by atoms with Gasteiger partial charge in [0.05, 0.1) is 6.54 Å². The van der Waals surface area contributed by atoms with E-state index in [9.17, 15) is 39.9 Å². The number of oxime groups is 1. The minimum Gasteiger partial charge on any atom is -0.504 e. The lowest BCUT2D eigenvalue weighted by molar-refractivity contribution is -0.148. The Bertz CT molecular complexity index is 2000. The zero-order chi connectivity index (χ0) is 34.1. The lowest BCUT2D eigenvalue weighted by Gasteiger charge is -2.49. The largest absolute Gasteiger partial charge is 0.512 e. The van der Waals surface area contributed by atoms with Crippen LogP contribution in [0.5, 0.6) is 23.0 Å². The van der Waals surface area contributed by atoms with Crippen molar-refractivity contribution in [3.8, 4) is 34.4 Å². The lowest BCUT2D eigenvalue weighted by atomic mass is 10.1. The molecule has 2 aliphatic rings.